The molecule has 1 saturated heterocycles. The molecule has 0 aromatic rings. The Morgan fingerprint density at radius 1 is 1.47 bits per heavy atom. The third-order valence-electron chi connectivity index (χ3n) is 3.68. The van der Waals surface area contributed by atoms with Crippen LogP contribution in [-0.2, 0) is 0 Å². The fourth-order valence-corrected chi connectivity index (χ4v) is 2.88. The summed E-state index contributed by atoms with van der Waals surface area (Å²) in [6, 6.07) is 0.644. The van der Waals surface area contributed by atoms with Gasteiger partial charge in [-0.3, -0.25) is 4.90 Å². The zero-order valence-corrected chi connectivity index (χ0v) is 12.0. The maximum atomic E-state index is 4.07. The van der Waals surface area contributed by atoms with Crippen molar-refractivity contribution in [1.82, 2.24) is 9.80 Å². The molecule has 0 aliphatic carbocycles. The number of hydrogen-bond donors (Lipinski definition) is 0. The van der Waals surface area contributed by atoms with Crippen LogP contribution in [0.4, 0.5) is 0 Å². The largest absolute Gasteiger partial charge is 0.370 e. The number of likely N-dealkylation sites (N-methyl/N-ethyl adjacent to an activating group) is 1. The molecule has 1 fully saturated rings. The Balaban J connectivity index is 2.71. The molecule has 0 N–H and O–H groups in total. The molecule has 2 heteroatoms. The molecule has 0 aromatic carbocycles. The molecule has 1 atom stereocenters. The van der Waals surface area contributed by atoms with Gasteiger partial charge in [0, 0.05) is 30.4 Å². The lowest BCUT2D eigenvalue weighted by Gasteiger charge is -2.46. The van der Waals surface area contributed by atoms with E-state index in [9.17, 15) is 0 Å². The van der Waals surface area contributed by atoms with Crippen molar-refractivity contribution in [2.24, 2.45) is 0 Å². The van der Waals surface area contributed by atoms with Crippen molar-refractivity contribution in [3.8, 4) is 0 Å². The third-order valence-corrected chi connectivity index (χ3v) is 3.68. The molecule has 0 bridgehead atoms. The third kappa shape index (κ3) is 3.60. The zero-order chi connectivity index (χ0) is 13.1. The number of hydrogen-bond acceptors (Lipinski definition) is 2. The summed E-state index contributed by atoms with van der Waals surface area (Å²) in [5.41, 5.74) is 1.32. The SMILES string of the molecule is C=CC(=C)N1CCCC(N(CC)C(C)(C)C)C1. The molecule has 0 amide bonds. The quantitative estimate of drug-likeness (QED) is 0.691. The normalized spacial score (nSPS) is 21.7. The van der Waals surface area contributed by atoms with Gasteiger partial charge in [0.2, 0.25) is 0 Å². The van der Waals surface area contributed by atoms with Crippen molar-refractivity contribution in [1.29, 1.82) is 0 Å². The summed E-state index contributed by atoms with van der Waals surface area (Å²) in [4.78, 5) is 4.98. The second-order valence-electron chi connectivity index (χ2n) is 5.89. The van der Waals surface area contributed by atoms with Crippen molar-refractivity contribution in [2.75, 3.05) is 19.6 Å². The van der Waals surface area contributed by atoms with Crippen LogP contribution in [0.3, 0.4) is 0 Å². The number of likely N-dealkylation sites (tertiary alicyclic amines) is 1. The first kappa shape index (κ1) is 14.3. The van der Waals surface area contributed by atoms with Gasteiger partial charge in [0.1, 0.15) is 0 Å². The highest BCUT2D eigenvalue weighted by molar-refractivity contribution is 5.11. The van der Waals surface area contributed by atoms with E-state index in [1.165, 1.54) is 12.8 Å². The molecular weight excluding hydrogens is 208 g/mol. The molecule has 0 spiro atoms. The smallest absolute Gasteiger partial charge is 0.0334 e. The predicted octanol–water partition coefficient (Wildman–Crippen LogP) is 3.27. The van der Waals surface area contributed by atoms with E-state index in [0.29, 0.717) is 6.04 Å². The predicted molar refractivity (Wildman–Crippen MR) is 76.1 cm³/mol. The molecule has 0 radical (unpaired) electrons. The zero-order valence-electron chi connectivity index (χ0n) is 12.0. The van der Waals surface area contributed by atoms with Crippen LogP contribution < -0.4 is 0 Å². The molecule has 1 heterocycles. The Morgan fingerprint density at radius 3 is 2.59 bits per heavy atom. The van der Waals surface area contributed by atoms with E-state index < -0.39 is 0 Å². The highest BCUT2D eigenvalue weighted by atomic mass is 15.3. The molecule has 1 aliphatic rings. The van der Waals surface area contributed by atoms with Crippen LogP contribution >= 0.6 is 0 Å². The van der Waals surface area contributed by atoms with Crippen LogP contribution in [0.25, 0.3) is 0 Å². The molecule has 98 valence electrons. The number of nitrogens with zero attached hydrogens (tertiary/aromatic N) is 2. The van der Waals surface area contributed by atoms with Crippen LogP contribution in [0.15, 0.2) is 24.9 Å². The van der Waals surface area contributed by atoms with Crippen LogP contribution in [0, 0.1) is 0 Å². The van der Waals surface area contributed by atoms with Gasteiger partial charge >= 0.3 is 0 Å². The van der Waals surface area contributed by atoms with Crippen molar-refractivity contribution >= 4 is 0 Å². The Morgan fingerprint density at radius 2 is 2.12 bits per heavy atom. The van der Waals surface area contributed by atoms with E-state index in [2.05, 4.69) is 50.7 Å². The first-order valence-electron chi connectivity index (χ1n) is 6.73. The van der Waals surface area contributed by atoms with Gasteiger partial charge in [-0.2, -0.15) is 0 Å². The van der Waals surface area contributed by atoms with E-state index in [4.69, 9.17) is 0 Å². The van der Waals surface area contributed by atoms with Gasteiger partial charge in [0.25, 0.3) is 0 Å². The Bertz CT molecular complexity index is 275. The minimum absolute atomic E-state index is 0.248. The van der Waals surface area contributed by atoms with Gasteiger partial charge in [0.15, 0.2) is 0 Å². The molecule has 1 aliphatic heterocycles. The molecular formula is C15H28N2. The molecule has 1 rings (SSSR count). The fraction of sp³-hybridized carbons (Fsp3) is 0.733. The summed E-state index contributed by atoms with van der Waals surface area (Å²) in [6.45, 7) is 20.4. The summed E-state index contributed by atoms with van der Waals surface area (Å²) in [6.07, 6.45) is 4.42. The van der Waals surface area contributed by atoms with E-state index in [1.807, 2.05) is 6.08 Å². The summed E-state index contributed by atoms with van der Waals surface area (Å²) in [7, 11) is 0. The lowest BCUT2D eigenvalue weighted by Crippen LogP contribution is -2.54. The number of rotatable bonds is 4. The van der Waals surface area contributed by atoms with Gasteiger partial charge in [-0.1, -0.05) is 20.1 Å². The second-order valence-corrected chi connectivity index (χ2v) is 5.89. The van der Waals surface area contributed by atoms with Gasteiger partial charge in [0.05, 0.1) is 0 Å². The van der Waals surface area contributed by atoms with Gasteiger partial charge in [-0.15, -0.1) is 0 Å². The van der Waals surface area contributed by atoms with E-state index >= 15 is 0 Å². The van der Waals surface area contributed by atoms with Crippen molar-refractivity contribution in [3.05, 3.63) is 24.9 Å². The monoisotopic (exact) mass is 236 g/mol. The van der Waals surface area contributed by atoms with Crippen LogP contribution in [0.1, 0.15) is 40.5 Å². The minimum Gasteiger partial charge on any atom is -0.370 e. The van der Waals surface area contributed by atoms with Crippen molar-refractivity contribution < 1.29 is 0 Å². The molecule has 0 saturated carbocycles. The van der Waals surface area contributed by atoms with E-state index in [1.54, 1.807) is 0 Å². The average Bonchev–Trinajstić information content (AvgIpc) is 2.27. The minimum atomic E-state index is 0.248. The summed E-state index contributed by atoms with van der Waals surface area (Å²) in [5, 5.41) is 0. The standard InChI is InChI=1S/C15H28N2/c1-7-13(3)16-11-9-10-14(12-16)17(8-2)15(4,5)6/h7,14H,1,3,8-12H2,2,4-6H3. The van der Waals surface area contributed by atoms with E-state index in [0.717, 1.165) is 25.3 Å². The number of allylic oxidation sites excluding steroid dienone is 1. The van der Waals surface area contributed by atoms with Gasteiger partial charge < -0.3 is 4.90 Å². The summed E-state index contributed by atoms with van der Waals surface area (Å²) in [5.74, 6) is 0. The highest BCUT2D eigenvalue weighted by Gasteiger charge is 2.30. The molecule has 2 nitrogen and oxygen atoms in total. The first-order chi connectivity index (χ1) is 7.90. The Labute approximate surface area is 107 Å². The maximum absolute atomic E-state index is 4.07. The second kappa shape index (κ2) is 5.72. The first-order valence-corrected chi connectivity index (χ1v) is 6.73. The van der Waals surface area contributed by atoms with Gasteiger partial charge in [-0.25, -0.2) is 0 Å². The summed E-state index contributed by atoms with van der Waals surface area (Å²) < 4.78 is 0. The van der Waals surface area contributed by atoms with Crippen LogP contribution in [0.5, 0.6) is 0 Å². The Kier molecular flexibility index (Phi) is 4.81. The van der Waals surface area contributed by atoms with Crippen molar-refractivity contribution in [3.63, 3.8) is 0 Å². The fourth-order valence-electron chi connectivity index (χ4n) is 2.88. The van der Waals surface area contributed by atoms with Gasteiger partial charge in [-0.05, 0) is 46.2 Å². The topological polar surface area (TPSA) is 6.48 Å². The van der Waals surface area contributed by atoms with Crippen LogP contribution in [-0.4, -0.2) is 41.0 Å². The van der Waals surface area contributed by atoms with Crippen LogP contribution in [0.2, 0.25) is 0 Å². The molecule has 17 heavy (non-hydrogen) atoms. The van der Waals surface area contributed by atoms with Crippen molar-refractivity contribution in [2.45, 2.75) is 52.1 Å². The maximum Gasteiger partial charge on any atom is 0.0334 e. The Hall–Kier alpha value is -0.760. The number of piperidine rings is 1. The highest BCUT2D eigenvalue weighted by Crippen LogP contribution is 2.24. The van der Waals surface area contributed by atoms with E-state index in [-0.39, 0.29) is 5.54 Å². The summed E-state index contributed by atoms with van der Waals surface area (Å²) >= 11 is 0. The lowest BCUT2D eigenvalue weighted by molar-refractivity contribution is 0.0476. The lowest BCUT2D eigenvalue weighted by atomic mass is 9.97. The molecule has 1 unspecified atom stereocenters. The average molecular weight is 236 g/mol. The molecule has 0 aromatic heterocycles.